The minimum Gasteiger partial charge on any atom is -0.377 e. The van der Waals surface area contributed by atoms with Gasteiger partial charge in [0.05, 0.1) is 25.3 Å². The van der Waals surface area contributed by atoms with Gasteiger partial charge in [0.1, 0.15) is 0 Å². The van der Waals surface area contributed by atoms with E-state index in [9.17, 15) is 4.79 Å². The Morgan fingerprint density at radius 2 is 1.93 bits per heavy atom. The third-order valence-electron chi connectivity index (χ3n) is 2.70. The fourth-order valence-corrected chi connectivity index (χ4v) is 1.95. The molecule has 0 N–H and O–H groups in total. The Morgan fingerprint density at radius 1 is 1.36 bits per heavy atom. The molecule has 0 aromatic carbocycles. The first-order chi connectivity index (χ1) is 6.66. The molecule has 0 aromatic rings. The van der Waals surface area contributed by atoms with Crippen LogP contribution in [-0.4, -0.2) is 36.1 Å². The molecule has 1 saturated heterocycles. The Balaban J connectivity index is 2.49. The zero-order chi connectivity index (χ0) is 10.6. The number of hydrogen-bond acceptors (Lipinski definition) is 2. The molecule has 1 aliphatic rings. The van der Waals surface area contributed by atoms with Gasteiger partial charge in [0, 0.05) is 6.42 Å². The monoisotopic (exact) mass is 199 g/mol. The number of rotatable bonds is 3. The Labute approximate surface area is 86.4 Å². The van der Waals surface area contributed by atoms with E-state index < -0.39 is 0 Å². The molecule has 0 saturated carbocycles. The number of carbonyl (C=O) groups excluding carboxylic acids is 1. The van der Waals surface area contributed by atoms with Crippen LogP contribution in [0.3, 0.4) is 0 Å². The molecule has 0 aromatic heterocycles. The maximum atomic E-state index is 11.8. The molecule has 2 unspecified atom stereocenters. The average Bonchev–Trinajstić information content (AvgIpc) is 2.14. The maximum absolute atomic E-state index is 11.8. The van der Waals surface area contributed by atoms with Crippen molar-refractivity contribution in [1.29, 1.82) is 0 Å². The van der Waals surface area contributed by atoms with E-state index >= 15 is 0 Å². The molecule has 1 heterocycles. The summed E-state index contributed by atoms with van der Waals surface area (Å²) >= 11 is 0. The van der Waals surface area contributed by atoms with E-state index in [-0.39, 0.29) is 18.0 Å². The van der Waals surface area contributed by atoms with Crippen molar-refractivity contribution in [2.45, 2.75) is 52.1 Å². The predicted octanol–water partition coefficient (Wildman–Crippen LogP) is 1.81. The van der Waals surface area contributed by atoms with Gasteiger partial charge in [0.2, 0.25) is 5.91 Å². The summed E-state index contributed by atoms with van der Waals surface area (Å²) in [6.07, 6.45) is 2.76. The summed E-state index contributed by atoms with van der Waals surface area (Å²) in [6.45, 7) is 7.59. The molecule has 14 heavy (non-hydrogen) atoms. The number of morpholine rings is 1. The summed E-state index contributed by atoms with van der Waals surface area (Å²) in [7, 11) is 0. The highest BCUT2D eigenvalue weighted by Crippen LogP contribution is 2.15. The largest absolute Gasteiger partial charge is 0.377 e. The van der Waals surface area contributed by atoms with Crippen molar-refractivity contribution in [3.63, 3.8) is 0 Å². The fourth-order valence-electron chi connectivity index (χ4n) is 1.95. The van der Waals surface area contributed by atoms with Crippen LogP contribution in [0.25, 0.3) is 0 Å². The summed E-state index contributed by atoms with van der Waals surface area (Å²) < 4.78 is 5.38. The second-order valence-electron chi connectivity index (χ2n) is 4.14. The topological polar surface area (TPSA) is 29.5 Å². The Hall–Kier alpha value is -0.570. The highest BCUT2D eigenvalue weighted by Gasteiger charge is 2.28. The molecule has 0 spiro atoms. The minimum atomic E-state index is 0.239. The van der Waals surface area contributed by atoms with E-state index in [0.29, 0.717) is 19.6 Å². The van der Waals surface area contributed by atoms with E-state index in [1.807, 2.05) is 4.90 Å². The standard InChI is InChI=1S/C11H21NO2/c1-4-5-6-11(13)12-9(2)7-14-8-10(12)3/h9-10H,4-8H2,1-3H3. The van der Waals surface area contributed by atoms with Crippen molar-refractivity contribution in [3.8, 4) is 0 Å². The van der Waals surface area contributed by atoms with E-state index in [1.165, 1.54) is 0 Å². The molecular weight excluding hydrogens is 178 g/mol. The van der Waals surface area contributed by atoms with Crippen molar-refractivity contribution in [2.24, 2.45) is 0 Å². The Morgan fingerprint density at radius 3 is 2.43 bits per heavy atom. The lowest BCUT2D eigenvalue weighted by Crippen LogP contribution is -2.52. The second kappa shape index (κ2) is 5.35. The maximum Gasteiger partial charge on any atom is 0.223 e. The molecule has 1 fully saturated rings. The summed E-state index contributed by atoms with van der Waals surface area (Å²) in [5.41, 5.74) is 0. The Bertz CT molecular complexity index is 184. The lowest BCUT2D eigenvalue weighted by atomic mass is 10.1. The SMILES string of the molecule is CCCCC(=O)N1C(C)COCC1C. The van der Waals surface area contributed by atoms with Gasteiger partial charge in [-0.3, -0.25) is 4.79 Å². The van der Waals surface area contributed by atoms with Gasteiger partial charge in [-0.2, -0.15) is 0 Å². The number of unbranched alkanes of at least 4 members (excludes halogenated alkanes) is 1. The highest BCUT2D eigenvalue weighted by atomic mass is 16.5. The molecule has 2 atom stereocenters. The van der Waals surface area contributed by atoms with Crippen LogP contribution in [-0.2, 0) is 9.53 Å². The minimum absolute atomic E-state index is 0.239. The van der Waals surface area contributed by atoms with Gasteiger partial charge in [-0.05, 0) is 20.3 Å². The van der Waals surface area contributed by atoms with Gasteiger partial charge in [-0.25, -0.2) is 0 Å². The first-order valence-electron chi connectivity index (χ1n) is 5.55. The van der Waals surface area contributed by atoms with Crippen LogP contribution in [0, 0.1) is 0 Å². The molecule has 0 radical (unpaired) electrons. The van der Waals surface area contributed by atoms with Crippen LogP contribution in [0.2, 0.25) is 0 Å². The van der Waals surface area contributed by atoms with Gasteiger partial charge in [-0.15, -0.1) is 0 Å². The van der Waals surface area contributed by atoms with Gasteiger partial charge in [0.15, 0.2) is 0 Å². The summed E-state index contributed by atoms with van der Waals surface area (Å²) in [6, 6.07) is 0.478. The lowest BCUT2D eigenvalue weighted by molar-refractivity contribution is -0.144. The summed E-state index contributed by atoms with van der Waals surface area (Å²) in [4.78, 5) is 13.8. The first-order valence-corrected chi connectivity index (χ1v) is 5.55. The molecule has 0 aliphatic carbocycles. The number of carbonyl (C=O) groups is 1. The Kier molecular flexibility index (Phi) is 4.39. The van der Waals surface area contributed by atoms with Crippen molar-refractivity contribution in [3.05, 3.63) is 0 Å². The zero-order valence-corrected chi connectivity index (χ0v) is 9.45. The summed E-state index contributed by atoms with van der Waals surface area (Å²) in [5.74, 6) is 0.287. The molecule has 1 amide bonds. The van der Waals surface area contributed by atoms with Gasteiger partial charge >= 0.3 is 0 Å². The number of amides is 1. The van der Waals surface area contributed by atoms with Gasteiger partial charge < -0.3 is 9.64 Å². The smallest absolute Gasteiger partial charge is 0.223 e. The van der Waals surface area contributed by atoms with E-state index in [2.05, 4.69) is 20.8 Å². The van der Waals surface area contributed by atoms with Crippen molar-refractivity contribution >= 4 is 5.91 Å². The predicted molar refractivity (Wildman–Crippen MR) is 56.1 cm³/mol. The fraction of sp³-hybridized carbons (Fsp3) is 0.909. The number of ether oxygens (including phenoxy) is 1. The number of nitrogens with zero attached hydrogens (tertiary/aromatic N) is 1. The van der Waals surface area contributed by atoms with Crippen LogP contribution in [0.5, 0.6) is 0 Å². The molecule has 3 nitrogen and oxygen atoms in total. The molecule has 82 valence electrons. The van der Waals surface area contributed by atoms with Gasteiger partial charge in [-0.1, -0.05) is 13.3 Å². The lowest BCUT2D eigenvalue weighted by Gasteiger charge is -2.38. The van der Waals surface area contributed by atoms with Crippen LogP contribution < -0.4 is 0 Å². The molecule has 0 bridgehead atoms. The third kappa shape index (κ3) is 2.71. The van der Waals surface area contributed by atoms with E-state index in [4.69, 9.17) is 4.74 Å². The molecule has 1 rings (SSSR count). The molecule has 3 heteroatoms. The average molecular weight is 199 g/mol. The van der Waals surface area contributed by atoms with E-state index in [1.54, 1.807) is 0 Å². The highest BCUT2D eigenvalue weighted by molar-refractivity contribution is 5.76. The van der Waals surface area contributed by atoms with Crippen molar-refractivity contribution in [1.82, 2.24) is 4.90 Å². The third-order valence-corrected chi connectivity index (χ3v) is 2.70. The van der Waals surface area contributed by atoms with Crippen LogP contribution in [0.15, 0.2) is 0 Å². The van der Waals surface area contributed by atoms with Crippen molar-refractivity contribution < 1.29 is 9.53 Å². The van der Waals surface area contributed by atoms with E-state index in [0.717, 1.165) is 12.8 Å². The molecular formula is C11H21NO2. The first kappa shape index (κ1) is 11.5. The van der Waals surface area contributed by atoms with Gasteiger partial charge in [0.25, 0.3) is 0 Å². The quantitative estimate of drug-likeness (QED) is 0.694. The van der Waals surface area contributed by atoms with Crippen LogP contribution in [0.1, 0.15) is 40.0 Å². The second-order valence-corrected chi connectivity index (χ2v) is 4.14. The summed E-state index contributed by atoms with van der Waals surface area (Å²) in [5, 5.41) is 0. The van der Waals surface area contributed by atoms with Crippen LogP contribution >= 0.6 is 0 Å². The van der Waals surface area contributed by atoms with Crippen LogP contribution in [0.4, 0.5) is 0 Å². The van der Waals surface area contributed by atoms with Crippen molar-refractivity contribution in [2.75, 3.05) is 13.2 Å². The zero-order valence-electron chi connectivity index (χ0n) is 9.45. The molecule has 1 aliphatic heterocycles. The normalized spacial score (nSPS) is 27.8. The number of hydrogen-bond donors (Lipinski definition) is 0.